The Morgan fingerprint density at radius 3 is 2.30 bits per heavy atom. The van der Waals surface area contributed by atoms with Crippen LogP contribution in [0.15, 0.2) is 12.1 Å². The fraction of sp³-hybridized carbons (Fsp3) is 0.652. The lowest BCUT2D eigenvalue weighted by Gasteiger charge is -2.42. The van der Waals surface area contributed by atoms with Crippen molar-refractivity contribution in [2.75, 3.05) is 26.8 Å². The monoisotopic (exact) mass is 416 g/mol. The van der Waals surface area contributed by atoms with Crippen LogP contribution in [-0.2, 0) is 24.0 Å². The number of aryl methyl sites for hydroxylation is 3. The zero-order valence-corrected chi connectivity index (χ0v) is 18.4. The average molecular weight is 417 g/mol. The van der Waals surface area contributed by atoms with E-state index in [2.05, 4.69) is 0 Å². The molecule has 3 fully saturated rings. The maximum absolute atomic E-state index is 13.9. The summed E-state index contributed by atoms with van der Waals surface area (Å²) in [7, 11) is 1.63. The highest BCUT2D eigenvalue weighted by molar-refractivity contribution is 6.17. The molecule has 0 aromatic heterocycles. The second kappa shape index (κ2) is 8.38. The molecule has 7 nitrogen and oxygen atoms in total. The van der Waals surface area contributed by atoms with Crippen molar-refractivity contribution in [3.63, 3.8) is 0 Å². The van der Waals surface area contributed by atoms with Gasteiger partial charge in [0.2, 0.25) is 0 Å². The third-order valence-corrected chi connectivity index (χ3v) is 6.75. The molecule has 1 aromatic carbocycles. The van der Waals surface area contributed by atoms with Gasteiger partial charge in [-0.2, -0.15) is 5.06 Å². The Hall–Kier alpha value is -1.80. The number of Topliss-reactive ketones (excluding diaryl/α,β-unsaturated/α-hetero) is 1. The maximum Gasteiger partial charge on any atom is 0.262 e. The molecule has 2 unspecified atom stereocenters. The van der Waals surface area contributed by atoms with E-state index < -0.39 is 17.7 Å². The highest BCUT2D eigenvalue weighted by Crippen LogP contribution is 2.45. The van der Waals surface area contributed by atoms with Crippen molar-refractivity contribution in [3.8, 4) is 0 Å². The Morgan fingerprint density at radius 1 is 1.07 bits per heavy atom. The van der Waals surface area contributed by atoms with E-state index in [1.807, 2.05) is 38.0 Å². The summed E-state index contributed by atoms with van der Waals surface area (Å²) in [5.74, 6) is -1.16. The Labute approximate surface area is 178 Å². The Balaban J connectivity index is 1.72. The van der Waals surface area contributed by atoms with Crippen molar-refractivity contribution in [3.05, 3.63) is 34.4 Å². The van der Waals surface area contributed by atoms with Gasteiger partial charge in [-0.05, 0) is 63.1 Å². The van der Waals surface area contributed by atoms with Crippen molar-refractivity contribution < 1.29 is 24.0 Å². The van der Waals surface area contributed by atoms with Crippen molar-refractivity contribution in [2.24, 2.45) is 0 Å². The van der Waals surface area contributed by atoms with E-state index in [0.717, 1.165) is 41.5 Å². The molecule has 0 saturated carbocycles. The second-order valence-corrected chi connectivity index (χ2v) is 8.79. The first-order chi connectivity index (χ1) is 14.4. The molecule has 0 aliphatic carbocycles. The van der Waals surface area contributed by atoms with Gasteiger partial charge in [0.1, 0.15) is 11.5 Å². The molecule has 1 aromatic rings. The van der Waals surface area contributed by atoms with Gasteiger partial charge in [0.15, 0.2) is 12.1 Å². The van der Waals surface area contributed by atoms with Gasteiger partial charge in [0, 0.05) is 26.1 Å². The lowest BCUT2D eigenvalue weighted by molar-refractivity contribution is -0.305. The van der Waals surface area contributed by atoms with E-state index in [-0.39, 0.29) is 11.7 Å². The summed E-state index contributed by atoms with van der Waals surface area (Å²) in [6.07, 6.45) is 3.20. The number of carbonyl (C=O) groups excluding carboxylic acids is 2. The lowest BCUT2D eigenvalue weighted by atomic mass is 9.79. The van der Waals surface area contributed by atoms with E-state index in [4.69, 9.17) is 14.4 Å². The van der Waals surface area contributed by atoms with Crippen LogP contribution >= 0.6 is 0 Å². The highest BCUT2D eigenvalue weighted by Gasteiger charge is 2.61. The van der Waals surface area contributed by atoms with Crippen LogP contribution in [0.5, 0.6) is 0 Å². The number of benzene rings is 1. The summed E-state index contributed by atoms with van der Waals surface area (Å²) < 4.78 is 5.74. The predicted molar refractivity (Wildman–Crippen MR) is 110 cm³/mol. The molecule has 164 valence electrons. The number of hydrogen-bond donors (Lipinski definition) is 0. The number of nitrogens with zero attached hydrogens (tertiary/aromatic N) is 2. The average Bonchev–Trinajstić information content (AvgIpc) is 2.91. The molecule has 7 heteroatoms. The van der Waals surface area contributed by atoms with Crippen molar-refractivity contribution in [2.45, 2.75) is 70.6 Å². The van der Waals surface area contributed by atoms with Gasteiger partial charge in [-0.1, -0.05) is 17.7 Å². The first-order valence-corrected chi connectivity index (χ1v) is 10.9. The largest absolute Gasteiger partial charge is 0.350 e. The second-order valence-electron chi connectivity index (χ2n) is 8.79. The zero-order valence-electron chi connectivity index (χ0n) is 18.4. The normalized spacial score (nSPS) is 27.3. The molecule has 2 atom stereocenters. The molecule has 1 spiro atoms. The minimum atomic E-state index is -0.971. The van der Waals surface area contributed by atoms with Gasteiger partial charge < -0.3 is 9.57 Å². The third-order valence-electron chi connectivity index (χ3n) is 6.75. The lowest BCUT2D eigenvalue weighted by Crippen LogP contribution is -2.57. The number of amides is 1. The highest BCUT2D eigenvalue weighted by atomic mass is 16.8. The Bertz CT molecular complexity index is 802. The Morgan fingerprint density at radius 2 is 1.73 bits per heavy atom. The van der Waals surface area contributed by atoms with Gasteiger partial charge in [-0.3, -0.25) is 9.59 Å². The first kappa shape index (κ1) is 21.4. The van der Waals surface area contributed by atoms with Gasteiger partial charge in [-0.15, -0.1) is 0 Å². The van der Waals surface area contributed by atoms with E-state index >= 15 is 0 Å². The number of piperidine rings is 1. The van der Waals surface area contributed by atoms with E-state index in [1.54, 1.807) is 7.11 Å². The topological polar surface area (TPSA) is 68.3 Å². The van der Waals surface area contributed by atoms with Crippen LogP contribution in [-0.4, -0.2) is 60.5 Å². The SMILES string of the molecule is CON1CCC2(CC1)C(=O)C(c1c(C)cc(C)cc1C)C(=O)N2OC1CCCCO1. The minimum absolute atomic E-state index is 0.0610. The standard InChI is InChI=1S/C23H32N2O5/c1-15-13-16(2)19(17(3)14-15)20-21(26)23(8-10-24(28-4)11-9-23)25(22(20)27)30-18-7-5-6-12-29-18/h13-14,18,20H,5-12H2,1-4H3. The van der Waals surface area contributed by atoms with E-state index in [9.17, 15) is 9.59 Å². The van der Waals surface area contributed by atoms with Crippen molar-refractivity contribution >= 4 is 11.7 Å². The summed E-state index contributed by atoms with van der Waals surface area (Å²) in [6, 6.07) is 4.08. The number of ether oxygens (including phenoxy) is 1. The quantitative estimate of drug-likeness (QED) is 0.703. The Kier molecular flexibility index (Phi) is 5.99. The van der Waals surface area contributed by atoms with Gasteiger partial charge in [0.25, 0.3) is 5.91 Å². The summed E-state index contributed by atoms with van der Waals surface area (Å²) in [5, 5.41) is 3.22. The van der Waals surface area contributed by atoms with E-state index in [1.165, 1.54) is 5.06 Å². The molecule has 3 heterocycles. The van der Waals surface area contributed by atoms with Gasteiger partial charge >= 0.3 is 0 Å². The smallest absolute Gasteiger partial charge is 0.262 e. The number of ketones is 1. The van der Waals surface area contributed by atoms with Gasteiger partial charge in [0.05, 0.1) is 7.11 Å². The number of carbonyl (C=O) groups is 2. The molecule has 4 rings (SSSR count). The molecule has 0 radical (unpaired) electrons. The van der Waals surface area contributed by atoms with Crippen molar-refractivity contribution in [1.82, 2.24) is 10.1 Å². The predicted octanol–water partition coefficient (Wildman–Crippen LogP) is 2.96. The molecule has 30 heavy (non-hydrogen) atoms. The number of rotatable bonds is 4. The van der Waals surface area contributed by atoms with Crippen molar-refractivity contribution in [1.29, 1.82) is 0 Å². The number of hydrogen-bond acceptors (Lipinski definition) is 6. The van der Waals surface area contributed by atoms with Crippen LogP contribution in [0.2, 0.25) is 0 Å². The third kappa shape index (κ3) is 3.58. The zero-order chi connectivity index (χ0) is 21.5. The number of hydroxylamine groups is 4. The molecule has 3 aliphatic rings. The van der Waals surface area contributed by atoms with Crippen LogP contribution in [0.25, 0.3) is 0 Å². The van der Waals surface area contributed by atoms with Gasteiger partial charge in [-0.25, -0.2) is 9.90 Å². The first-order valence-electron chi connectivity index (χ1n) is 10.9. The maximum atomic E-state index is 13.9. The van der Waals surface area contributed by atoms with Crippen LogP contribution in [0.4, 0.5) is 0 Å². The van der Waals surface area contributed by atoms with Crippen LogP contribution in [0.1, 0.15) is 60.3 Å². The fourth-order valence-electron chi connectivity index (χ4n) is 5.26. The van der Waals surface area contributed by atoms with Crippen LogP contribution in [0.3, 0.4) is 0 Å². The molecule has 1 amide bonds. The molecule has 3 aliphatic heterocycles. The minimum Gasteiger partial charge on any atom is -0.350 e. The molecule has 0 bridgehead atoms. The van der Waals surface area contributed by atoms with Crippen LogP contribution < -0.4 is 0 Å². The summed E-state index contributed by atoms with van der Waals surface area (Å²) in [4.78, 5) is 39.1. The molecular weight excluding hydrogens is 384 g/mol. The van der Waals surface area contributed by atoms with E-state index in [0.29, 0.717) is 32.5 Å². The summed E-state index contributed by atoms with van der Waals surface area (Å²) in [6.45, 7) is 7.73. The fourth-order valence-corrected chi connectivity index (χ4v) is 5.26. The summed E-state index contributed by atoms with van der Waals surface area (Å²) in [5.41, 5.74) is 2.92. The van der Waals surface area contributed by atoms with Crippen LogP contribution in [0, 0.1) is 20.8 Å². The molecular formula is C23H32N2O5. The molecule has 0 N–H and O–H groups in total. The molecule has 3 saturated heterocycles. The summed E-state index contributed by atoms with van der Waals surface area (Å²) >= 11 is 0.